The zero-order valence-corrected chi connectivity index (χ0v) is 13.1. The maximum atomic E-state index is 11.8. The van der Waals surface area contributed by atoms with E-state index < -0.39 is 0 Å². The molecule has 1 amide bonds. The molecule has 20 heavy (non-hydrogen) atoms. The number of nitrogen functional groups attached to an aromatic ring is 1. The average Bonchev–Trinajstić information content (AvgIpc) is 2.26. The Morgan fingerprint density at radius 2 is 2.05 bits per heavy atom. The first-order chi connectivity index (χ1) is 9.26. The number of hydrogen-bond acceptors (Lipinski definition) is 3. The summed E-state index contributed by atoms with van der Waals surface area (Å²) in [5.74, 6) is 0.0414. The van der Waals surface area contributed by atoms with Crippen LogP contribution in [-0.4, -0.2) is 30.9 Å². The van der Waals surface area contributed by atoms with Crippen LogP contribution in [0.4, 0.5) is 11.4 Å². The second kappa shape index (κ2) is 7.29. The molecule has 0 aliphatic rings. The lowest BCUT2D eigenvalue weighted by atomic mass is 9.96. The van der Waals surface area contributed by atoms with Gasteiger partial charge in [-0.3, -0.25) is 4.79 Å². The molecule has 1 aromatic carbocycles. The van der Waals surface area contributed by atoms with Crippen LogP contribution < -0.4 is 11.1 Å². The summed E-state index contributed by atoms with van der Waals surface area (Å²) < 4.78 is 0. The highest BCUT2D eigenvalue weighted by Crippen LogP contribution is 2.15. The lowest BCUT2D eigenvalue weighted by Gasteiger charge is -2.26. The van der Waals surface area contributed by atoms with Gasteiger partial charge in [-0.25, -0.2) is 0 Å². The molecule has 0 saturated carbocycles. The lowest BCUT2D eigenvalue weighted by Crippen LogP contribution is -2.30. The van der Waals surface area contributed by atoms with Gasteiger partial charge < -0.3 is 16.0 Å². The minimum absolute atomic E-state index is 0.0414. The molecule has 0 aromatic heterocycles. The van der Waals surface area contributed by atoms with Gasteiger partial charge in [-0.05, 0) is 43.6 Å². The van der Waals surface area contributed by atoms with Gasteiger partial charge in [-0.1, -0.05) is 26.8 Å². The SMILES string of the molecule is CN(CCCC(=O)Nc1cccc(N)c1)CC(C)(C)C. The summed E-state index contributed by atoms with van der Waals surface area (Å²) >= 11 is 0. The number of benzene rings is 1. The van der Waals surface area contributed by atoms with E-state index in [9.17, 15) is 4.79 Å². The number of anilines is 2. The van der Waals surface area contributed by atoms with Gasteiger partial charge in [0.2, 0.25) is 5.91 Å². The van der Waals surface area contributed by atoms with E-state index in [-0.39, 0.29) is 5.91 Å². The first-order valence-corrected chi connectivity index (χ1v) is 7.10. The molecule has 0 heterocycles. The summed E-state index contributed by atoms with van der Waals surface area (Å²) in [5.41, 5.74) is 7.39. The fraction of sp³-hybridized carbons (Fsp3) is 0.562. The summed E-state index contributed by atoms with van der Waals surface area (Å²) in [5, 5.41) is 2.87. The van der Waals surface area contributed by atoms with Crippen LogP contribution >= 0.6 is 0 Å². The molecule has 4 nitrogen and oxygen atoms in total. The maximum Gasteiger partial charge on any atom is 0.224 e. The molecule has 4 heteroatoms. The van der Waals surface area contributed by atoms with Gasteiger partial charge in [-0.15, -0.1) is 0 Å². The summed E-state index contributed by atoms with van der Waals surface area (Å²) in [6, 6.07) is 7.25. The molecule has 0 fully saturated rings. The molecule has 0 radical (unpaired) electrons. The highest BCUT2D eigenvalue weighted by Gasteiger charge is 2.13. The van der Waals surface area contributed by atoms with Gasteiger partial charge in [0, 0.05) is 24.3 Å². The number of nitrogens with zero attached hydrogens (tertiary/aromatic N) is 1. The van der Waals surface area contributed by atoms with Crippen molar-refractivity contribution in [2.75, 3.05) is 31.2 Å². The lowest BCUT2D eigenvalue weighted by molar-refractivity contribution is -0.116. The standard InChI is InChI=1S/C16H27N3O/c1-16(2,3)12-19(4)10-6-9-15(20)18-14-8-5-7-13(17)11-14/h5,7-8,11H,6,9-10,12,17H2,1-4H3,(H,18,20). The van der Waals surface area contributed by atoms with Crippen LogP contribution in [0.1, 0.15) is 33.6 Å². The van der Waals surface area contributed by atoms with Gasteiger partial charge in [0.25, 0.3) is 0 Å². The van der Waals surface area contributed by atoms with Crippen molar-refractivity contribution in [3.05, 3.63) is 24.3 Å². The summed E-state index contributed by atoms with van der Waals surface area (Å²) in [6.07, 6.45) is 1.39. The predicted octanol–water partition coefficient (Wildman–Crippen LogP) is 2.97. The van der Waals surface area contributed by atoms with Gasteiger partial charge in [0.1, 0.15) is 0 Å². The Morgan fingerprint density at radius 1 is 1.35 bits per heavy atom. The molecule has 3 N–H and O–H groups in total. The van der Waals surface area contributed by atoms with Gasteiger partial charge in [0.15, 0.2) is 0 Å². The van der Waals surface area contributed by atoms with Crippen LogP contribution in [0.5, 0.6) is 0 Å². The Kier molecular flexibility index (Phi) is 6.02. The van der Waals surface area contributed by atoms with Crippen molar-refractivity contribution < 1.29 is 4.79 Å². The van der Waals surface area contributed by atoms with Crippen molar-refractivity contribution in [1.29, 1.82) is 0 Å². The average molecular weight is 277 g/mol. The van der Waals surface area contributed by atoms with Crippen molar-refractivity contribution in [1.82, 2.24) is 4.90 Å². The summed E-state index contributed by atoms with van der Waals surface area (Å²) in [4.78, 5) is 14.1. The first-order valence-electron chi connectivity index (χ1n) is 7.10. The fourth-order valence-corrected chi connectivity index (χ4v) is 2.24. The van der Waals surface area contributed by atoms with Crippen molar-refractivity contribution in [3.8, 4) is 0 Å². The molecule has 0 atom stereocenters. The van der Waals surface area contributed by atoms with E-state index >= 15 is 0 Å². The van der Waals surface area contributed by atoms with Crippen molar-refractivity contribution in [3.63, 3.8) is 0 Å². The second-order valence-electron chi connectivity index (χ2n) is 6.58. The number of nitrogens with one attached hydrogen (secondary N) is 1. The maximum absolute atomic E-state index is 11.8. The van der Waals surface area contributed by atoms with E-state index in [0.29, 0.717) is 17.5 Å². The van der Waals surface area contributed by atoms with Crippen LogP contribution in [-0.2, 0) is 4.79 Å². The normalized spacial score (nSPS) is 11.7. The van der Waals surface area contributed by atoms with Crippen LogP contribution in [0.15, 0.2) is 24.3 Å². The topological polar surface area (TPSA) is 58.4 Å². The number of hydrogen-bond donors (Lipinski definition) is 2. The zero-order valence-electron chi connectivity index (χ0n) is 13.1. The Labute approximate surface area is 122 Å². The quantitative estimate of drug-likeness (QED) is 0.786. The molecule has 0 unspecified atom stereocenters. The number of rotatable bonds is 6. The third-order valence-electron chi connectivity index (χ3n) is 2.86. The van der Waals surface area contributed by atoms with E-state index in [1.807, 2.05) is 12.1 Å². The molecular weight excluding hydrogens is 250 g/mol. The third-order valence-corrected chi connectivity index (χ3v) is 2.86. The molecule has 0 aliphatic heterocycles. The Hall–Kier alpha value is -1.55. The molecular formula is C16H27N3O. The van der Waals surface area contributed by atoms with Gasteiger partial charge >= 0.3 is 0 Å². The minimum Gasteiger partial charge on any atom is -0.399 e. The molecule has 112 valence electrons. The minimum atomic E-state index is 0.0414. The summed E-state index contributed by atoms with van der Waals surface area (Å²) in [6.45, 7) is 8.62. The van der Waals surface area contributed by atoms with E-state index in [1.54, 1.807) is 12.1 Å². The molecule has 0 bridgehead atoms. The number of nitrogens with two attached hydrogens (primary N) is 1. The van der Waals surface area contributed by atoms with Crippen LogP contribution in [0.2, 0.25) is 0 Å². The fourth-order valence-electron chi connectivity index (χ4n) is 2.24. The number of carbonyl (C=O) groups excluding carboxylic acids is 1. The van der Waals surface area contributed by atoms with Gasteiger partial charge in [0.05, 0.1) is 0 Å². The van der Waals surface area contributed by atoms with Crippen LogP contribution in [0, 0.1) is 5.41 Å². The highest BCUT2D eigenvalue weighted by molar-refractivity contribution is 5.91. The van der Waals surface area contributed by atoms with E-state index in [0.717, 1.165) is 25.2 Å². The van der Waals surface area contributed by atoms with Crippen molar-refractivity contribution in [2.45, 2.75) is 33.6 Å². The van der Waals surface area contributed by atoms with Crippen LogP contribution in [0.3, 0.4) is 0 Å². The smallest absolute Gasteiger partial charge is 0.224 e. The third kappa shape index (κ3) is 7.14. The molecule has 0 aliphatic carbocycles. The van der Waals surface area contributed by atoms with E-state index in [2.05, 4.69) is 38.0 Å². The predicted molar refractivity (Wildman–Crippen MR) is 85.7 cm³/mol. The highest BCUT2D eigenvalue weighted by atomic mass is 16.1. The Bertz CT molecular complexity index is 438. The molecule has 1 rings (SSSR count). The van der Waals surface area contributed by atoms with E-state index in [1.165, 1.54) is 0 Å². The Balaban J connectivity index is 2.27. The monoisotopic (exact) mass is 277 g/mol. The Morgan fingerprint density at radius 3 is 2.65 bits per heavy atom. The van der Waals surface area contributed by atoms with Crippen molar-refractivity contribution >= 4 is 17.3 Å². The second-order valence-corrected chi connectivity index (χ2v) is 6.58. The first kappa shape index (κ1) is 16.5. The summed E-state index contributed by atoms with van der Waals surface area (Å²) in [7, 11) is 2.10. The molecule has 0 spiro atoms. The largest absolute Gasteiger partial charge is 0.399 e. The van der Waals surface area contributed by atoms with Crippen LogP contribution in [0.25, 0.3) is 0 Å². The van der Waals surface area contributed by atoms with E-state index in [4.69, 9.17) is 5.73 Å². The zero-order chi connectivity index (χ0) is 15.2. The van der Waals surface area contributed by atoms with Gasteiger partial charge in [-0.2, -0.15) is 0 Å². The number of carbonyl (C=O) groups is 1. The van der Waals surface area contributed by atoms with Crippen molar-refractivity contribution in [2.24, 2.45) is 5.41 Å². The number of amides is 1. The molecule has 0 saturated heterocycles. The molecule has 1 aromatic rings.